The van der Waals surface area contributed by atoms with Crippen molar-refractivity contribution in [1.29, 1.82) is 0 Å². The average Bonchev–Trinajstić information content (AvgIpc) is 2.82. The monoisotopic (exact) mass is 355 g/mol. The van der Waals surface area contributed by atoms with Gasteiger partial charge < -0.3 is 24.8 Å². The number of ether oxygens (including phenoxy) is 3. The first-order chi connectivity index (χ1) is 11.7. The van der Waals surface area contributed by atoms with E-state index in [-0.39, 0.29) is 0 Å². The van der Waals surface area contributed by atoms with E-state index >= 15 is 0 Å². The summed E-state index contributed by atoms with van der Waals surface area (Å²) in [6.45, 7) is 6.15. The standard InChI is InChI=1S/C17H26ClN3O3/c1-3-19-17(20-6-4-7-22-2)21-12-13-10-14(18)16-15(11-13)23-8-5-9-24-16/h10-11H,3-9,12H2,1-2H3,(H2,19,20,21). The molecule has 0 atom stereocenters. The van der Waals surface area contributed by atoms with E-state index in [0.717, 1.165) is 44.1 Å². The van der Waals surface area contributed by atoms with Crippen LogP contribution in [0, 0.1) is 0 Å². The average molecular weight is 356 g/mol. The molecule has 2 rings (SSSR count). The second-order valence-corrected chi connectivity index (χ2v) is 5.83. The fourth-order valence-electron chi connectivity index (χ4n) is 2.31. The van der Waals surface area contributed by atoms with E-state index in [1.54, 1.807) is 7.11 Å². The van der Waals surface area contributed by atoms with Crippen LogP contribution in [0.3, 0.4) is 0 Å². The van der Waals surface area contributed by atoms with Crippen molar-refractivity contribution < 1.29 is 14.2 Å². The second-order valence-electron chi connectivity index (χ2n) is 5.42. The lowest BCUT2D eigenvalue weighted by molar-refractivity contribution is 0.195. The van der Waals surface area contributed by atoms with Crippen LogP contribution in [0.25, 0.3) is 0 Å². The number of guanidine groups is 1. The molecule has 0 bridgehead atoms. The Morgan fingerprint density at radius 3 is 2.92 bits per heavy atom. The van der Waals surface area contributed by atoms with Gasteiger partial charge in [-0.1, -0.05) is 11.6 Å². The normalized spacial score (nSPS) is 14.2. The quantitative estimate of drug-likeness (QED) is 0.447. The third-order valence-electron chi connectivity index (χ3n) is 3.44. The minimum Gasteiger partial charge on any atom is -0.489 e. The molecular formula is C17H26ClN3O3. The smallest absolute Gasteiger partial charge is 0.191 e. The topological polar surface area (TPSA) is 64.1 Å². The van der Waals surface area contributed by atoms with Gasteiger partial charge in [0.15, 0.2) is 17.5 Å². The first kappa shape index (κ1) is 18.7. The van der Waals surface area contributed by atoms with Crippen LogP contribution in [0.4, 0.5) is 0 Å². The molecule has 0 spiro atoms. The molecule has 0 saturated heterocycles. The number of nitrogens with zero attached hydrogens (tertiary/aromatic N) is 1. The Morgan fingerprint density at radius 1 is 1.29 bits per heavy atom. The lowest BCUT2D eigenvalue weighted by Crippen LogP contribution is -2.38. The van der Waals surface area contributed by atoms with E-state index in [4.69, 9.17) is 25.8 Å². The number of aliphatic imine (C=N–C) groups is 1. The van der Waals surface area contributed by atoms with Crippen LogP contribution in [-0.4, -0.2) is 46.0 Å². The zero-order chi connectivity index (χ0) is 17.2. The summed E-state index contributed by atoms with van der Waals surface area (Å²) in [4.78, 5) is 4.59. The Hall–Kier alpha value is -1.66. The summed E-state index contributed by atoms with van der Waals surface area (Å²) in [5, 5.41) is 7.08. The van der Waals surface area contributed by atoms with Crippen molar-refractivity contribution in [3.8, 4) is 11.5 Å². The number of hydrogen-bond donors (Lipinski definition) is 2. The van der Waals surface area contributed by atoms with E-state index in [2.05, 4.69) is 15.6 Å². The molecule has 24 heavy (non-hydrogen) atoms. The maximum absolute atomic E-state index is 6.32. The van der Waals surface area contributed by atoms with Crippen LogP contribution in [0.15, 0.2) is 17.1 Å². The van der Waals surface area contributed by atoms with Crippen LogP contribution < -0.4 is 20.1 Å². The third-order valence-corrected chi connectivity index (χ3v) is 3.72. The molecule has 0 aliphatic carbocycles. The summed E-state index contributed by atoms with van der Waals surface area (Å²) in [6.07, 6.45) is 1.78. The van der Waals surface area contributed by atoms with Crippen LogP contribution in [0.1, 0.15) is 25.3 Å². The molecule has 0 aromatic heterocycles. The molecule has 1 aromatic rings. The van der Waals surface area contributed by atoms with Gasteiger partial charge >= 0.3 is 0 Å². The molecular weight excluding hydrogens is 330 g/mol. The summed E-state index contributed by atoms with van der Waals surface area (Å²) in [5.74, 6) is 2.10. The number of halogens is 1. The van der Waals surface area contributed by atoms with Crippen molar-refractivity contribution in [2.45, 2.75) is 26.3 Å². The van der Waals surface area contributed by atoms with Crippen LogP contribution in [0.2, 0.25) is 5.02 Å². The van der Waals surface area contributed by atoms with Crippen molar-refractivity contribution in [3.63, 3.8) is 0 Å². The van der Waals surface area contributed by atoms with Gasteiger partial charge in [-0.15, -0.1) is 0 Å². The number of nitrogens with one attached hydrogen (secondary N) is 2. The second kappa shape index (κ2) is 10.3. The highest BCUT2D eigenvalue weighted by atomic mass is 35.5. The van der Waals surface area contributed by atoms with Crippen molar-refractivity contribution in [1.82, 2.24) is 10.6 Å². The van der Waals surface area contributed by atoms with Crippen LogP contribution in [-0.2, 0) is 11.3 Å². The Morgan fingerprint density at radius 2 is 2.12 bits per heavy atom. The lowest BCUT2D eigenvalue weighted by atomic mass is 10.2. The number of rotatable bonds is 7. The first-order valence-electron chi connectivity index (χ1n) is 8.33. The third kappa shape index (κ3) is 5.76. The molecule has 7 heteroatoms. The minimum absolute atomic E-state index is 0.510. The maximum atomic E-state index is 6.32. The van der Waals surface area contributed by atoms with Gasteiger partial charge in [-0.05, 0) is 31.0 Å². The van der Waals surface area contributed by atoms with E-state index < -0.39 is 0 Å². The number of fused-ring (bicyclic) bond motifs is 1. The Balaban J connectivity index is 2.02. The van der Waals surface area contributed by atoms with E-state index in [1.165, 1.54) is 0 Å². The zero-order valence-corrected chi connectivity index (χ0v) is 15.1. The molecule has 0 saturated carbocycles. The van der Waals surface area contributed by atoms with Gasteiger partial charge in [0, 0.05) is 33.2 Å². The maximum Gasteiger partial charge on any atom is 0.191 e. The van der Waals surface area contributed by atoms with Crippen molar-refractivity contribution in [3.05, 3.63) is 22.7 Å². The first-order valence-corrected chi connectivity index (χ1v) is 8.71. The molecule has 2 N–H and O–H groups in total. The highest BCUT2D eigenvalue weighted by Gasteiger charge is 2.15. The number of hydrogen-bond acceptors (Lipinski definition) is 4. The highest BCUT2D eigenvalue weighted by molar-refractivity contribution is 6.32. The van der Waals surface area contributed by atoms with Crippen molar-refractivity contribution in [2.24, 2.45) is 4.99 Å². The molecule has 0 amide bonds. The van der Waals surface area contributed by atoms with Crippen molar-refractivity contribution in [2.75, 3.05) is 40.0 Å². The Bertz CT molecular complexity index is 552. The minimum atomic E-state index is 0.510. The van der Waals surface area contributed by atoms with Gasteiger partial charge in [-0.25, -0.2) is 4.99 Å². The highest BCUT2D eigenvalue weighted by Crippen LogP contribution is 2.38. The summed E-state index contributed by atoms with van der Waals surface area (Å²) in [5.41, 5.74) is 0.985. The molecule has 0 unspecified atom stereocenters. The molecule has 1 aliphatic rings. The van der Waals surface area contributed by atoms with Gasteiger partial charge in [0.2, 0.25) is 0 Å². The predicted molar refractivity (Wildman–Crippen MR) is 96.4 cm³/mol. The summed E-state index contributed by atoms with van der Waals surface area (Å²) >= 11 is 6.32. The molecule has 1 aliphatic heterocycles. The van der Waals surface area contributed by atoms with Gasteiger partial charge in [0.05, 0.1) is 24.8 Å². The zero-order valence-electron chi connectivity index (χ0n) is 14.4. The molecule has 1 aromatic carbocycles. The van der Waals surface area contributed by atoms with Gasteiger partial charge in [-0.2, -0.15) is 0 Å². The van der Waals surface area contributed by atoms with E-state index in [1.807, 2.05) is 19.1 Å². The molecule has 0 fully saturated rings. The van der Waals surface area contributed by atoms with Gasteiger partial charge in [-0.3, -0.25) is 0 Å². The van der Waals surface area contributed by atoms with Crippen LogP contribution in [0.5, 0.6) is 11.5 Å². The number of methoxy groups -OCH3 is 1. The predicted octanol–water partition coefficient (Wildman–Crippen LogP) is 2.59. The fourth-order valence-corrected chi connectivity index (χ4v) is 2.60. The molecule has 0 radical (unpaired) electrons. The van der Waals surface area contributed by atoms with Crippen LogP contribution >= 0.6 is 11.6 Å². The van der Waals surface area contributed by atoms with E-state index in [9.17, 15) is 0 Å². The summed E-state index contributed by atoms with van der Waals surface area (Å²) < 4.78 is 16.4. The van der Waals surface area contributed by atoms with Gasteiger partial charge in [0.1, 0.15) is 0 Å². The van der Waals surface area contributed by atoms with Crippen molar-refractivity contribution >= 4 is 17.6 Å². The Kier molecular flexibility index (Phi) is 7.98. The Labute approximate surface area is 148 Å². The largest absolute Gasteiger partial charge is 0.489 e. The molecule has 1 heterocycles. The molecule has 6 nitrogen and oxygen atoms in total. The lowest BCUT2D eigenvalue weighted by Gasteiger charge is -2.13. The van der Waals surface area contributed by atoms with Gasteiger partial charge in [0.25, 0.3) is 0 Å². The SMILES string of the molecule is CCNC(=NCc1cc(Cl)c2c(c1)OCCCO2)NCCCOC. The van der Waals surface area contributed by atoms with E-state index in [0.29, 0.717) is 36.3 Å². The fraction of sp³-hybridized carbons (Fsp3) is 0.588. The summed E-state index contributed by atoms with van der Waals surface area (Å²) in [6, 6.07) is 3.83. The summed E-state index contributed by atoms with van der Waals surface area (Å²) in [7, 11) is 1.70. The number of benzene rings is 1. The molecule has 134 valence electrons.